The molecule has 0 radical (unpaired) electrons. The molecule has 0 aliphatic rings. The van der Waals surface area contributed by atoms with Crippen molar-refractivity contribution in [2.75, 3.05) is 13.2 Å². The van der Waals surface area contributed by atoms with Crippen LogP contribution in [0.1, 0.15) is 188 Å². The summed E-state index contributed by atoms with van der Waals surface area (Å²) in [6.45, 7) is 6.06. The number of aliphatic hydroxyl groups is 4. The molecule has 56 heavy (non-hydrogen) atoms. The molecule has 324 valence electrons. The molecule has 0 rings (SSSR count). The second-order valence-electron chi connectivity index (χ2n) is 15.6. The Balaban J connectivity index is 3.79. The van der Waals surface area contributed by atoms with Crippen molar-refractivity contribution in [3.63, 3.8) is 0 Å². The monoisotopic (exact) mass is 789 g/mol. The number of esters is 2. The summed E-state index contributed by atoms with van der Waals surface area (Å²) in [5.41, 5.74) is 0. The lowest BCUT2D eigenvalue weighted by molar-refractivity contribution is -0.161. The number of hydrogen-bond donors (Lipinski definition) is 4. The zero-order valence-corrected chi connectivity index (χ0v) is 35.9. The fourth-order valence-corrected chi connectivity index (χ4v) is 6.28. The van der Waals surface area contributed by atoms with Gasteiger partial charge in [-0.25, -0.2) is 0 Å². The topological polar surface area (TPSA) is 134 Å². The number of aliphatic hydroxyl groups excluding tert-OH is 4. The van der Waals surface area contributed by atoms with Crippen molar-refractivity contribution in [3.05, 3.63) is 60.8 Å². The van der Waals surface area contributed by atoms with Crippen LogP contribution < -0.4 is 0 Å². The largest absolute Gasteiger partial charge is 0.462 e. The molecule has 0 saturated heterocycles. The van der Waals surface area contributed by atoms with Gasteiger partial charge in [-0.1, -0.05) is 204 Å². The minimum absolute atomic E-state index is 0.00119. The first-order valence-corrected chi connectivity index (χ1v) is 22.6. The van der Waals surface area contributed by atoms with Crippen molar-refractivity contribution in [1.82, 2.24) is 0 Å². The SMILES string of the molecule is CC/C=C\C[C@H](O)/C=C/C=C/C=C\C=C/[C@@H](O)[C@H](O)CCCC(=O)O[C@@H](CO)COC(=O)CCCCCCCCCCCCCCCCCCCCC(C)CC. The van der Waals surface area contributed by atoms with E-state index >= 15 is 0 Å². The molecule has 0 bridgehead atoms. The van der Waals surface area contributed by atoms with Crippen LogP contribution in [-0.2, 0) is 19.1 Å². The molecule has 0 aromatic rings. The first kappa shape index (κ1) is 53.5. The van der Waals surface area contributed by atoms with E-state index < -0.39 is 37.0 Å². The summed E-state index contributed by atoms with van der Waals surface area (Å²) in [4.78, 5) is 24.4. The van der Waals surface area contributed by atoms with Crippen LogP contribution in [0, 0.1) is 5.92 Å². The first-order valence-electron chi connectivity index (χ1n) is 22.6. The van der Waals surface area contributed by atoms with Crippen LogP contribution in [0.4, 0.5) is 0 Å². The predicted molar refractivity (Wildman–Crippen MR) is 232 cm³/mol. The Labute approximate surface area is 342 Å². The van der Waals surface area contributed by atoms with E-state index in [4.69, 9.17) is 9.47 Å². The smallest absolute Gasteiger partial charge is 0.306 e. The average molecular weight is 789 g/mol. The maximum atomic E-state index is 12.2. The molecule has 0 fully saturated rings. The normalized spacial score (nSPS) is 15.1. The van der Waals surface area contributed by atoms with Gasteiger partial charge in [0.2, 0.25) is 0 Å². The van der Waals surface area contributed by atoms with Gasteiger partial charge in [0.25, 0.3) is 0 Å². The van der Waals surface area contributed by atoms with Crippen molar-refractivity contribution in [2.24, 2.45) is 5.92 Å². The lowest BCUT2D eigenvalue weighted by Gasteiger charge is -2.17. The van der Waals surface area contributed by atoms with Crippen molar-refractivity contribution in [1.29, 1.82) is 0 Å². The molecule has 0 amide bonds. The molecule has 0 aromatic heterocycles. The van der Waals surface area contributed by atoms with E-state index in [0.29, 0.717) is 12.8 Å². The molecule has 8 nitrogen and oxygen atoms in total. The van der Waals surface area contributed by atoms with Crippen LogP contribution in [0.25, 0.3) is 0 Å². The maximum Gasteiger partial charge on any atom is 0.306 e. The van der Waals surface area contributed by atoms with Crippen LogP contribution in [0.15, 0.2) is 60.8 Å². The molecule has 5 atom stereocenters. The number of rotatable bonds is 39. The highest BCUT2D eigenvalue weighted by Crippen LogP contribution is 2.17. The van der Waals surface area contributed by atoms with E-state index in [-0.39, 0.29) is 31.8 Å². The van der Waals surface area contributed by atoms with Crippen molar-refractivity contribution in [3.8, 4) is 0 Å². The Morgan fingerprint density at radius 3 is 1.57 bits per heavy atom. The molecule has 1 unspecified atom stereocenters. The quantitative estimate of drug-likeness (QED) is 0.0209. The van der Waals surface area contributed by atoms with Crippen molar-refractivity contribution in [2.45, 2.75) is 212 Å². The van der Waals surface area contributed by atoms with E-state index in [1.807, 2.05) is 19.1 Å². The van der Waals surface area contributed by atoms with Crippen molar-refractivity contribution >= 4 is 11.9 Å². The Hall–Kier alpha value is -2.52. The fourth-order valence-electron chi connectivity index (χ4n) is 6.28. The standard InChI is InChI=1S/C48H84O8/c1-4-6-27-34-43(50)35-29-24-21-22-25-30-36-45(51)46(52)37-32-39-48(54)56-44(40-49)41-55-47(53)38-31-26-20-18-16-14-12-10-8-7-9-11-13-15-17-19-23-28-33-42(3)5-2/h6,21-22,24-25,27,29-30,35-36,42-46,49-52H,4-5,7-20,23,26,28,31-34,37-41H2,1-3H3/b24-21+,25-22-,27-6-,35-29+,36-30-/t42?,43-,44-,45+,46+/m0/s1. The second kappa shape index (κ2) is 40.7. The van der Waals surface area contributed by atoms with Gasteiger partial charge in [0.15, 0.2) is 6.10 Å². The van der Waals surface area contributed by atoms with Gasteiger partial charge in [-0.15, -0.1) is 0 Å². The Morgan fingerprint density at radius 1 is 0.571 bits per heavy atom. The number of carbonyl (C=O) groups excluding carboxylic acids is 2. The molecule has 8 heteroatoms. The van der Waals surface area contributed by atoms with Crippen LogP contribution in [0.3, 0.4) is 0 Å². The number of carbonyl (C=O) groups is 2. The van der Waals surface area contributed by atoms with Gasteiger partial charge in [0.1, 0.15) is 6.61 Å². The lowest BCUT2D eigenvalue weighted by atomic mass is 9.99. The van der Waals surface area contributed by atoms with Crippen molar-refractivity contribution < 1.29 is 39.5 Å². The molecular weight excluding hydrogens is 705 g/mol. The van der Waals surface area contributed by atoms with Gasteiger partial charge in [-0.3, -0.25) is 9.59 Å². The molecule has 0 saturated carbocycles. The van der Waals surface area contributed by atoms with Gasteiger partial charge in [0.05, 0.1) is 24.9 Å². The zero-order chi connectivity index (χ0) is 41.3. The Kier molecular flexibility index (Phi) is 38.8. The van der Waals surface area contributed by atoms with Gasteiger partial charge in [0, 0.05) is 12.8 Å². The third-order valence-electron chi connectivity index (χ3n) is 10.2. The van der Waals surface area contributed by atoms with E-state index in [1.54, 1.807) is 42.5 Å². The summed E-state index contributed by atoms with van der Waals surface area (Å²) in [6.07, 6.45) is 42.3. The lowest BCUT2D eigenvalue weighted by Crippen LogP contribution is -2.29. The highest BCUT2D eigenvalue weighted by atomic mass is 16.6. The third-order valence-corrected chi connectivity index (χ3v) is 10.2. The minimum atomic E-state index is -1.09. The Morgan fingerprint density at radius 2 is 1.05 bits per heavy atom. The van der Waals surface area contributed by atoms with Crippen LogP contribution in [0.5, 0.6) is 0 Å². The molecule has 4 N–H and O–H groups in total. The second-order valence-corrected chi connectivity index (χ2v) is 15.6. The molecule has 0 aliphatic carbocycles. The van der Waals surface area contributed by atoms with Gasteiger partial charge in [-0.2, -0.15) is 0 Å². The molecule has 0 heterocycles. The summed E-state index contributed by atoms with van der Waals surface area (Å²) in [5, 5.41) is 39.8. The zero-order valence-electron chi connectivity index (χ0n) is 35.9. The third kappa shape index (κ3) is 37.1. The van der Waals surface area contributed by atoms with Crippen LogP contribution >= 0.6 is 0 Å². The average Bonchev–Trinajstić information content (AvgIpc) is 3.19. The molecular formula is C48H84O8. The number of ether oxygens (including phenoxy) is 2. The van der Waals surface area contributed by atoms with Crippen LogP contribution in [0.2, 0.25) is 0 Å². The number of unbranched alkanes of at least 4 members (excludes halogenated alkanes) is 17. The predicted octanol–water partition coefficient (Wildman–Crippen LogP) is 11.1. The van der Waals surface area contributed by atoms with E-state index in [2.05, 4.69) is 13.8 Å². The summed E-state index contributed by atoms with van der Waals surface area (Å²) in [6, 6.07) is 0. The summed E-state index contributed by atoms with van der Waals surface area (Å²) >= 11 is 0. The Bertz CT molecular complexity index is 1050. The maximum absolute atomic E-state index is 12.2. The van der Waals surface area contributed by atoms with Crippen LogP contribution in [-0.4, -0.2) is 70.0 Å². The molecule has 0 aliphatic heterocycles. The van der Waals surface area contributed by atoms with E-state index in [9.17, 15) is 30.0 Å². The first-order chi connectivity index (χ1) is 27.2. The fraction of sp³-hybridized carbons (Fsp3) is 0.750. The van der Waals surface area contributed by atoms with Gasteiger partial charge >= 0.3 is 11.9 Å². The summed E-state index contributed by atoms with van der Waals surface area (Å²) in [5.74, 6) is -0.0199. The number of allylic oxidation sites excluding steroid dienone is 7. The van der Waals surface area contributed by atoms with Gasteiger partial charge < -0.3 is 29.9 Å². The highest BCUT2D eigenvalue weighted by Gasteiger charge is 2.18. The van der Waals surface area contributed by atoms with Gasteiger partial charge in [-0.05, 0) is 38.0 Å². The summed E-state index contributed by atoms with van der Waals surface area (Å²) in [7, 11) is 0. The number of hydrogen-bond acceptors (Lipinski definition) is 8. The van der Waals surface area contributed by atoms with E-state index in [1.165, 1.54) is 115 Å². The molecule has 0 aromatic carbocycles. The van der Waals surface area contributed by atoms with E-state index in [0.717, 1.165) is 31.6 Å². The highest BCUT2D eigenvalue weighted by molar-refractivity contribution is 5.70. The minimum Gasteiger partial charge on any atom is -0.462 e. The summed E-state index contributed by atoms with van der Waals surface area (Å²) < 4.78 is 10.5. The molecule has 0 spiro atoms.